The fourth-order valence-electron chi connectivity index (χ4n) is 1.38. The topological polar surface area (TPSA) is 52.0 Å². The Morgan fingerprint density at radius 3 is 3.06 bits per heavy atom. The molecule has 5 heteroatoms. The standard InChI is InChI=1S/C11H14N4O/c1-3-16-10-5-4-6-12-11(10)14-9-7-13-15(2)8-9/h4-8H,3H2,1-2H3,(H,12,14). The van der Waals surface area contributed by atoms with E-state index >= 15 is 0 Å². The number of aryl methyl sites for hydroxylation is 1. The van der Waals surface area contributed by atoms with E-state index in [1.807, 2.05) is 32.3 Å². The van der Waals surface area contributed by atoms with E-state index in [2.05, 4.69) is 15.4 Å². The van der Waals surface area contributed by atoms with Crippen molar-refractivity contribution in [1.29, 1.82) is 0 Å². The molecule has 0 unspecified atom stereocenters. The molecule has 84 valence electrons. The van der Waals surface area contributed by atoms with Crippen molar-refractivity contribution < 1.29 is 4.74 Å². The number of pyridine rings is 1. The van der Waals surface area contributed by atoms with E-state index in [-0.39, 0.29) is 0 Å². The van der Waals surface area contributed by atoms with Crippen molar-refractivity contribution in [1.82, 2.24) is 14.8 Å². The zero-order valence-corrected chi connectivity index (χ0v) is 9.34. The summed E-state index contributed by atoms with van der Waals surface area (Å²) in [5.74, 6) is 1.45. The number of ether oxygens (including phenoxy) is 1. The number of rotatable bonds is 4. The predicted molar refractivity (Wildman–Crippen MR) is 61.9 cm³/mol. The summed E-state index contributed by atoms with van der Waals surface area (Å²) >= 11 is 0. The van der Waals surface area contributed by atoms with Crippen LogP contribution >= 0.6 is 0 Å². The summed E-state index contributed by atoms with van der Waals surface area (Å²) in [6.45, 7) is 2.56. The van der Waals surface area contributed by atoms with Crippen LogP contribution in [0.25, 0.3) is 0 Å². The first kappa shape index (κ1) is 10.5. The zero-order chi connectivity index (χ0) is 11.4. The summed E-state index contributed by atoms with van der Waals surface area (Å²) in [6, 6.07) is 3.73. The van der Waals surface area contributed by atoms with E-state index in [9.17, 15) is 0 Å². The van der Waals surface area contributed by atoms with Crippen molar-refractivity contribution in [2.75, 3.05) is 11.9 Å². The Labute approximate surface area is 94.1 Å². The van der Waals surface area contributed by atoms with Crippen LogP contribution in [0.15, 0.2) is 30.7 Å². The molecule has 16 heavy (non-hydrogen) atoms. The molecule has 0 fully saturated rings. The average molecular weight is 218 g/mol. The van der Waals surface area contributed by atoms with Crippen molar-refractivity contribution in [3.8, 4) is 5.75 Å². The lowest BCUT2D eigenvalue weighted by atomic mass is 10.4. The SMILES string of the molecule is CCOc1cccnc1Nc1cnn(C)c1. The molecular weight excluding hydrogens is 204 g/mol. The number of nitrogens with one attached hydrogen (secondary N) is 1. The molecule has 2 aromatic rings. The first-order valence-electron chi connectivity index (χ1n) is 5.13. The first-order chi connectivity index (χ1) is 7.79. The molecule has 0 radical (unpaired) electrons. The monoisotopic (exact) mass is 218 g/mol. The highest BCUT2D eigenvalue weighted by Crippen LogP contribution is 2.24. The Kier molecular flexibility index (Phi) is 3.05. The molecule has 0 bridgehead atoms. The van der Waals surface area contributed by atoms with E-state index in [0.717, 1.165) is 11.4 Å². The molecule has 0 spiro atoms. The van der Waals surface area contributed by atoms with Crippen molar-refractivity contribution >= 4 is 11.5 Å². The molecule has 0 aromatic carbocycles. The molecule has 2 heterocycles. The fourth-order valence-corrected chi connectivity index (χ4v) is 1.38. The van der Waals surface area contributed by atoms with Crippen LogP contribution in [0.1, 0.15) is 6.92 Å². The number of hydrogen-bond donors (Lipinski definition) is 1. The third-order valence-corrected chi connectivity index (χ3v) is 2.04. The van der Waals surface area contributed by atoms with Gasteiger partial charge in [-0.05, 0) is 19.1 Å². The normalized spacial score (nSPS) is 10.1. The summed E-state index contributed by atoms with van der Waals surface area (Å²) in [6.07, 6.45) is 5.34. The minimum Gasteiger partial charge on any atom is -0.490 e. The average Bonchev–Trinajstić information content (AvgIpc) is 2.67. The Morgan fingerprint density at radius 2 is 2.38 bits per heavy atom. The molecule has 0 saturated carbocycles. The molecule has 0 aliphatic rings. The third-order valence-electron chi connectivity index (χ3n) is 2.04. The van der Waals surface area contributed by atoms with Gasteiger partial charge in [0.05, 0.1) is 18.5 Å². The number of aromatic nitrogens is 3. The van der Waals surface area contributed by atoms with Gasteiger partial charge in [-0.15, -0.1) is 0 Å². The third kappa shape index (κ3) is 2.31. The van der Waals surface area contributed by atoms with E-state index in [1.165, 1.54) is 0 Å². The second-order valence-electron chi connectivity index (χ2n) is 3.31. The Balaban J connectivity index is 2.20. The molecule has 0 saturated heterocycles. The number of nitrogens with zero attached hydrogens (tertiary/aromatic N) is 3. The number of hydrogen-bond acceptors (Lipinski definition) is 4. The van der Waals surface area contributed by atoms with Crippen LogP contribution in [-0.2, 0) is 7.05 Å². The number of anilines is 2. The maximum absolute atomic E-state index is 5.46. The van der Waals surface area contributed by atoms with Crippen LogP contribution in [0, 0.1) is 0 Å². The van der Waals surface area contributed by atoms with Crippen molar-refractivity contribution in [3.63, 3.8) is 0 Å². The second kappa shape index (κ2) is 4.65. The maximum atomic E-state index is 5.46. The lowest BCUT2D eigenvalue weighted by molar-refractivity contribution is 0.341. The summed E-state index contributed by atoms with van der Waals surface area (Å²) in [5.41, 5.74) is 0.891. The smallest absolute Gasteiger partial charge is 0.173 e. The summed E-state index contributed by atoms with van der Waals surface area (Å²) < 4.78 is 7.19. The Bertz CT molecular complexity index is 467. The van der Waals surface area contributed by atoms with Crippen LogP contribution < -0.4 is 10.1 Å². The minimum absolute atomic E-state index is 0.618. The van der Waals surface area contributed by atoms with E-state index in [4.69, 9.17) is 4.74 Å². The highest BCUT2D eigenvalue weighted by molar-refractivity contribution is 5.60. The second-order valence-corrected chi connectivity index (χ2v) is 3.31. The van der Waals surface area contributed by atoms with Gasteiger partial charge in [-0.1, -0.05) is 0 Å². The molecule has 2 rings (SSSR count). The fraction of sp³-hybridized carbons (Fsp3) is 0.273. The largest absolute Gasteiger partial charge is 0.490 e. The lowest BCUT2D eigenvalue weighted by Gasteiger charge is -2.09. The van der Waals surface area contributed by atoms with E-state index < -0.39 is 0 Å². The van der Waals surface area contributed by atoms with Gasteiger partial charge < -0.3 is 10.1 Å². The molecule has 0 aliphatic heterocycles. The van der Waals surface area contributed by atoms with Gasteiger partial charge in [0.1, 0.15) is 0 Å². The van der Waals surface area contributed by atoms with E-state index in [1.54, 1.807) is 17.1 Å². The van der Waals surface area contributed by atoms with Gasteiger partial charge in [-0.3, -0.25) is 4.68 Å². The van der Waals surface area contributed by atoms with Crippen LogP contribution in [-0.4, -0.2) is 21.4 Å². The summed E-state index contributed by atoms with van der Waals surface area (Å²) in [5, 5.41) is 7.23. The molecule has 0 amide bonds. The van der Waals surface area contributed by atoms with Crippen LogP contribution in [0.4, 0.5) is 11.5 Å². The van der Waals surface area contributed by atoms with Gasteiger partial charge in [0.25, 0.3) is 0 Å². The molecule has 2 aromatic heterocycles. The first-order valence-corrected chi connectivity index (χ1v) is 5.13. The van der Waals surface area contributed by atoms with E-state index in [0.29, 0.717) is 12.4 Å². The van der Waals surface area contributed by atoms with Gasteiger partial charge in [-0.25, -0.2) is 4.98 Å². The lowest BCUT2D eigenvalue weighted by Crippen LogP contribution is -1.99. The minimum atomic E-state index is 0.618. The quantitative estimate of drug-likeness (QED) is 0.852. The Morgan fingerprint density at radius 1 is 1.50 bits per heavy atom. The van der Waals surface area contributed by atoms with Gasteiger partial charge in [-0.2, -0.15) is 5.10 Å². The molecular formula is C11H14N4O. The molecule has 0 atom stereocenters. The van der Waals surface area contributed by atoms with Gasteiger partial charge in [0.2, 0.25) is 0 Å². The predicted octanol–water partition coefficient (Wildman–Crippen LogP) is 1.96. The van der Waals surface area contributed by atoms with Crippen molar-refractivity contribution in [3.05, 3.63) is 30.7 Å². The van der Waals surface area contributed by atoms with Crippen LogP contribution in [0.5, 0.6) is 5.75 Å². The molecule has 1 N–H and O–H groups in total. The summed E-state index contributed by atoms with van der Waals surface area (Å²) in [7, 11) is 1.87. The Hall–Kier alpha value is -2.04. The van der Waals surface area contributed by atoms with Gasteiger partial charge in [0.15, 0.2) is 11.6 Å². The molecule has 0 aliphatic carbocycles. The van der Waals surface area contributed by atoms with Crippen LogP contribution in [0.2, 0.25) is 0 Å². The van der Waals surface area contributed by atoms with Crippen molar-refractivity contribution in [2.24, 2.45) is 7.05 Å². The van der Waals surface area contributed by atoms with Gasteiger partial charge >= 0.3 is 0 Å². The summed E-state index contributed by atoms with van der Waals surface area (Å²) in [4.78, 5) is 4.23. The van der Waals surface area contributed by atoms with Crippen LogP contribution in [0.3, 0.4) is 0 Å². The van der Waals surface area contributed by atoms with Gasteiger partial charge in [0, 0.05) is 19.4 Å². The highest BCUT2D eigenvalue weighted by Gasteiger charge is 2.04. The molecule has 5 nitrogen and oxygen atoms in total. The highest BCUT2D eigenvalue weighted by atomic mass is 16.5. The maximum Gasteiger partial charge on any atom is 0.173 e. The zero-order valence-electron chi connectivity index (χ0n) is 9.34. The van der Waals surface area contributed by atoms with Crippen molar-refractivity contribution in [2.45, 2.75) is 6.92 Å².